The second-order valence-electron chi connectivity index (χ2n) is 14.5. The average Bonchev–Trinajstić information content (AvgIpc) is 3.26. The molecule has 2 saturated heterocycles. The van der Waals surface area contributed by atoms with Crippen LogP contribution in [0.5, 0.6) is 11.8 Å². The fraction of sp³-hybridized carbons (Fsp3) is 0.357. The predicted octanol–water partition coefficient (Wildman–Crippen LogP) is 7.12. The molecule has 7 rings (SSSR count). The van der Waals surface area contributed by atoms with Crippen molar-refractivity contribution in [2.45, 2.75) is 69.7 Å². The molecule has 4 aromatic rings. The maximum absolute atomic E-state index is 15.0. The van der Waals surface area contributed by atoms with E-state index >= 15 is 4.39 Å². The van der Waals surface area contributed by atoms with Gasteiger partial charge in [0.2, 0.25) is 5.91 Å². The molecule has 3 atom stereocenters. The summed E-state index contributed by atoms with van der Waals surface area (Å²) in [5, 5.41) is 14.9. The highest BCUT2D eigenvalue weighted by Gasteiger charge is 2.43. The summed E-state index contributed by atoms with van der Waals surface area (Å²) in [5.74, 6) is 2.13. The van der Waals surface area contributed by atoms with Gasteiger partial charge in [-0.1, -0.05) is 30.7 Å². The Bertz CT molecular complexity index is 2130. The summed E-state index contributed by atoms with van der Waals surface area (Å²) in [7, 11) is 0. The van der Waals surface area contributed by atoms with Crippen molar-refractivity contribution < 1.29 is 27.8 Å². The number of alkyl halides is 1. The lowest BCUT2D eigenvalue weighted by Crippen LogP contribution is -2.45. The minimum absolute atomic E-state index is 0.0273. The molecule has 0 spiro atoms. The summed E-state index contributed by atoms with van der Waals surface area (Å²) < 4.78 is 50.0. The number of rotatable bonds is 9. The number of anilines is 1. The zero-order valence-electron chi connectivity index (χ0n) is 29.7. The number of amides is 1. The molecule has 0 saturated carbocycles. The third-order valence-electron chi connectivity index (χ3n) is 10.6. The Morgan fingerprint density at radius 3 is 2.74 bits per heavy atom. The summed E-state index contributed by atoms with van der Waals surface area (Å²) in [6, 6.07) is 12.3. The van der Waals surface area contributed by atoms with Crippen molar-refractivity contribution in [3.63, 3.8) is 0 Å². The molecule has 2 fully saturated rings. The topological polar surface area (TPSA) is 90.8 Å². The molecule has 1 unspecified atom stereocenters. The van der Waals surface area contributed by atoms with Gasteiger partial charge in [-0.25, -0.2) is 13.2 Å². The number of phenols is 1. The van der Waals surface area contributed by atoms with Crippen molar-refractivity contribution in [3.05, 3.63) is 101 Å². The Labute approximate surface area is 307 Å². The van der Waals surface area contributed by atoms with E-state index in [-0.39, 0.29) is 54.7 Å². The van der Waals surface area contributed by atoms with Crippen LogP contribution in [0.4, 0.5) is 19.0 Å². The Kier molecular flexibility index (Phi) is 10.2. The van der Waals surface area contributed by atoms with Gasteiger partial charge in [0.1, 0.15) is 36.0 Å². The lowest BCUT2D eigenvalue weighted by Gasteiger charge is -2.34. The zero-order chi connectivity index (χ0) is 37.3. The van der Waals surface area contributed by atoms with Crippen LogP contribution in [0.3, 0.4) is 0 Å². The normalized spacial score (nSPS) is 21.7. The SMILES string of the molecule is C#Cc1c(F)ccc2cc(O)cc(C3=Cc4nc(OC[C@]5(C)C[C@@H](F)CN5Cc5ccc(F)cc5)nc(N5CCCCC(NC(=O)C=C)C5)c4CC3)c12. The number of phenolic OH excluding ortho intramolecular Hbond substituents is 1. The van der Waals surface area contributed by atoms with E-state index < -0.39 is 17.5 Å². The number of ether oxygens (including phenoxy) is 1. The molecular formula is C42H42F3N5O3. The van der Waals surface area contributed by atoms with Crippen molar-refractivity contribution in [3.8, 4) is 24.1 Å². The molecule has 3 aliphatic rings. The summed E-state index contributed by atoms with van der Waals surface area (Å²) in [6.45, 7) is 7.51. The number of hydrogen-bond donors (Lipinski definition) is 2. The van der Waals surface area contributed by atoms with Gasteiger partial charge >= 0.3 is 6.01 Å². The number of terminal acetylenes is 1. The Morgan fingerprint density at radius 1 is 1.15 bits per heavy atom. The van der Waals surface area contributed by atoms with E-state index in [1.165, 1.54) is 24.3 Å². The molecule has 2 N–H and O–H groups in total. The fourth-order valence-electron chi connectivity index (χ4n) is 7.96. The van der Waals surface area contributed by atoms with Crippen LogP contribution in [0.25, 0.3) is 22.4 Å². The van der Waals surface area contributed by atoms with Crippen molar-refractivity contribution in [1.82, 2.24) is 20.2 Å². The number of benzene rings is 3. The van der Waals surface area contributed by atoms with Crippen LogP contribution in [0.2, 0.25) is 0 Å². The van der Waals surface area contributed by atoms with Gasteiger partial charge in [0, 0.05) is 49.6 Å². The van der Waals surface area contributed by atoms with Crippen molar-refractivity contribution >= 4 is 34.1 Å². The fourth-order valence-corrected chi connectivity index (χ4v) is 7.96. The van der Waals surface area contributed by atoms with Crippen LogP contribution in [0.15, 0.2) is 61.2 Å². The van der Waals surface area contributed by atoms with E-state index in [9.17, 15) is 18.7 Å². The summed E-state index contributed by atoms with van der Waals surface area (Å²) in [4.78, 5) is 26.3. The number of nitrogens with one attached hydrogen (secondary N) is 1. The monoisotopic (exact) mass is 721 g/mol. The smallest absolute Gasteiger partial charge is 0.318 e. The Hall–Kier alpha value is -5.34. The molecule has 3 heterocycles. The molecule has 0 radical (unpaired) electrons. The first-order chi connectivity index (χ1) is 25.5. The highest BCUT2D eigenvalue weighted by molar-refractivity contribution is 6.02. The molecule has 1 aliphatic carbocycles. The van der Waals surface area contributed by atoms with E-state index in [2.05, 4.69) is 22.7 Å². The van der Waals surface area contributed by atoms with Gasteiger partial charge in [0.15, 0.2) is 0 Å². The van der Waals surface area contributed by atoms with E-state index in [1.807, 2.05) is 17.9 Å². The number of halogens is 3. The number of aromatic hydroxyl groups is 1. The van der Waals surface area contributed by atoms with Crippen molar-refractivity contribution in [1.29, 1.82) is 0 Å². The number of hydrogen-bond acceptors (Lipinski definition) is 7. The minimum atomic E-state index is -1.07. The first kappa shape index (κ1) is 36.0. The van der Waals surface area contributed by atoms with Crippen LogP contribution in [0.1, 0.15) is 67.0 Å². The van der Waals surface area contributed by atoms with Gasteiger partial charge in [-0.3, -0.25) is 9.69 Å². The van der Waals surface area contributed by atoms with Gasteiger partial charge in [-0.15, -0.1) is 6.42 Å². The van der Waals surface area contributed by atoms with Crippen molar-refractivity contribution in [2.24, 2.45) is 0 Å². The molecule has 1 aromatic heterocycles. The molecule has 3 aromatic carbocycles. The predicted molar refractivity (Wildman–Crippen MR) is 200 cm³/mol. The first-order valence-corrected chi connectivity index (χ1v) is 18.0. The molecular weight excluding hydrogens is 679 g/mol. The van der Waals surface area contributed by atoms with Gasteiger partial charge in [0.25, 0.3) is 0 Å². The highest BCUT2D eigenvalue weighted by Crippen LogP contribution is 2.41. The first-order valence-electron chi connectivity index (χ1n) is 18.0. The number of likely N-dealkylation sites (tertiary alicyclic amines) is 1. The molecule has 8 nitrogen and oxygen atoms in total. The zero-order valence-corrected chi connectivity index (χ0v) is 29.7. The van der Waals surface area contributed by atoms with Crippen LogP contribution in [-0.2, 0) is 17.8 Å². The lowest BCUT2D eigenvalue weighted by molar-refractivity contribution is -0.117. The van der Waals surface area contributed by atoms with E-state index in [0.717, 1.165) is 36.0 Å². The maximum atomic E-state index is 15.0. The molecule has 2 aliphatic heterocycles. The van der Waals surface area contributed by atoms with Crippen molar-refractivity contribution in [2.75, 3.05) is 31.1 Å². The van der Waals surface area contributed by atoms with E-state index in [4.69, 9.17) is 21.1 Å². The number of carbonyl (C=O) groups is 1. The Balaban J connectivity index is 1.27. The second-order valence-corrected chi connectivity index (χ2v) is 14.5. The van der Waals surface area contributed by atoms with Gasteiger partial charge in [-0.05, 0) is 104 Å². The number of carbonyl (C=O) groups excluding carboxylic acids is 1. The number of allylic oxidation sites excluding steroid dienone is 1. The number of fused-ring (bicyclic) bond motifs is 2. The van der Waals surface area contributed by atoms with Crippen LogP contribution in [0, 0.1) is 24.0 Å². The summed E-state index contributed by atoms with van der Waals surface area (Å²) >= 11 is 0. The third kappa shape index (κ3) is 7.60. The Morgan fingerprint density at radius 2 is 1.96 bits per heavy atom. The quantitative estimate of drug-likeness (QED) is 0.141. The third-order valence-corrected chi connectivity index (χ3v) is 10.6. The van der Waals surface area contributed by atoms with Gasteiger partial charge in [-0.2, -0.15) is 9.97 Å². The largest absolute Gasteiger partial charge is 0.508 e. The maximum Gasteiger partial charge on any atom is 0.318 e. The van der Waals surface area contributed by atoms with Gasteiger partial charge in [0.05, 0.1) is 16.8 Å². The number of aromatic nitrogens is 2. The molecule has 11 heteroatoms. The summed E-state index contributed by atoms with van der Waals surface area (Å²) in [6.07, 6.45) is 11.9. The standard InChI is InChI=1S/C42H42F3N5O3/c1-4-33-36(45)16-12-28-18-32(51)20-35(39(28)33)27-11-15-34-37(19-27)47-41(48-40(34)49-17-7-6-8-31(24-49)46-38(52)5-2)53-25-42(3)21-30(44)23-50(42)22-26-9-13-29(43)14-10-26/h1,5,9-10,12-14,16,18-20,30-31,51H,2,6-8,11,15,17,21-25H2,3H3,(H,46,52)/t30-,31?,42+/m1/s1. The molecule has 0 bridgehead atoms. The minimum Gasteiger partial charge on any atom is -0.508 e. The van der Waals surface area contributed by atoms with E-state index in [1.54, 1.807) is 30.3 Å². The van der Waals surface area contributed by atoms with Crippen LogP contribution < -0.4 is 15.0 Å². The second kappa shape index (κ2) is 15.0. The van der Waals surface area contributed by atoms with Crippen LogP contribution >= 0.6 is 0 Å². The average molecular weight is 722 g/mol. The van der Waals surface area contributed by atoms with Crippen LogP contribution in [-0.4, -0.2) is 69.9 Å². The lowest BCUT2D eigenvalue weighted by atomic mass is 9.87. The highest BCUT2D eigenvalue weighted by atomic mass is 19.1. The van der Waals surface area contributed by atoms with E-state index in [0.29, 0.717) is 60.3 Å². The summed E-state index contributed by atoms with van der Waals surface area (Å²) in [5.41, 5.74) is 3.23. The number of nitrogens with zero attached hydrogens (tertiary/aromatic N) is 4. The molecule has 1 amide bonds. The van der Waals surface area contributed by atoms with Gasteiger partial charge < -0.3 is 20.1 Å². The molecule has 274 valence electrons. The molecule has 53 heavy (non-hydrogen) atoms.